The molecule has 0 aliphatic heterocycles. The predicted octanol–water partition coefficient (Wildman–Crippen LogP) is 9.89. The molecule has 7 aromatic rings. The highest BCUT2D eigenvalue weighted by Gasteiger charge is 2.15. The van der Waals surface area contributed by atoms with E-state index in [9.17, 15) is 10.5 Å². The third-order valence-corrected chi connectivity index (χ3v) is 7.73. The summed E-state index contributed by atoms with van der Waals surface area (Å²) >= 11 is 0. The maximum atomic E-state index is 9.38. The van der Waals surface area contributed by atoms with Gasteiger partial charge < -0.3 is 0 Å². The number of rotatable bonds is 3. The van der Waals surface area contributed by atoms with Crippen LogP contribution in [0.2, 0.25) is 0 Å². The molecule has 0 N–H and O–H groups in total. The molecule has 0 saturated heterocycles. The van der Waals surface area contributed by atoms with Crippen molar-refractivity contribution in [2.24, 2.45) is 0 Å². The van der Waals surface area contributed by atoms with Crippen molar-refractivity contribution < 1.29 is 0 Å². The lowest BCUT2D eigenvalue weighted by Gasteiger charge is -2.17. The van der Waals surface area contributed by atoms with Crippen LogP contribution in [-0.4, -0.2) is 0 Å². The van der Waals surface area contributed by atoms with E-state index >= 15 is 0 Å². The number of benzene rings is 7. The molecule has 0 bridgehead atoms. The third-order valence-electron chi connectivity index (χ3n) is 7.73. The van der Waals surface area contributed by atoms with Gasteiger partial charge in [-0.05, 0) is 108 Å². The summed E-state index contributed by atoms with van der Waals surface area (Å²) in [4.78, 5) is 0. The standard InChI is InChI=1S/C38H22N2/c39-23-25-10-14-28(15-11-25)34-21-38-33-19-18-30(27-6-2-1-3-7-27)20-36(33)35(29-16-12-26(24-40)13-17-29)22-37(38)32-9-5-4-8-31(32)34/h1-22H. The van der Waals surface area contributed by atoms with Crippen molar-refractivity contribution in [2.75, 3.05) is 0 Å². The van der Waals surface area contributed by atoms with E-state index < -0.39 is 0 Å². The van der Waals surface area contributed by atoms with E-state index in [0.717, 1.165) is 27.8 Å². The number of fused-ring (bicyclic) bond motifs is 5. The first kappa shape index (κ1) is 23.4. The summed E-state index contributed by atoms with van der Waals surface area (Å²) in [5, 5.41) is 25.8. The van der Waals surface area contributed by atoms with Gasteiger partial charge in [-0.3, -0.25) is 0 Å². The zero-order valence-electron chi connectivity index (χ0n) is 21.6. The molecule has 2 heteroatoms. The molecule has 7 rings (SSSR count). The molecule has 7 aromatic carbocycles. The molecule has 2 nitrogen and oxygen atoms in total. The normalized spacial score (nSPS) is 10.9. The van der Waals surface area contributed by atoms with Gasteiger partial charge in [-0.15, -0.1) is 0 Å². The van der Waals surface area contributed by atoms with E-state index in [-0.39, 0.29) is 0 Å². The predicted molar refractivity (Wildman–Crippen MR) is 165 cm³/mol. The minimum Gasteiger partial charge on any atom is -0.192 e. The minimum absolute atomic E-state index is 0.649. The Kier molecular flexibility index (Phi) is 5.59. The Hall–Kier alpha value is -5.70. The van der Waals surface area contributed by atoms with Crippen molar-refractivity contribution >= 4 is 32.3 Å². The average molecular weight is 507 g/mol. The lowest BCUT2D eigenvalue weighted by Crippen LogP contribution is -1.90. The highest BCUT2D eigenvalue weighted by Crippen LogP contribution is 2.42. The van der Waals surface area contributed by atoms with Crippen LogP contribution in [0.3, 0.4) is 0 Å². The Morgan fingerprint density at radius 1 is 0.325 bits per heavy atom. The highest BCUT2D eigenvalue weighted by atomic mass is 14.2. The van der Waals surface area contributed by atoms with Crippen molar-refractivity contribution in [2.45, 2.75) is 0 Å². The van der Waals surface area contributed by atoms with Crippen LogP contribution in [0.1, 0.15) is 11.1 Å². The number of nitriles is 2. The van der Waals surface area contributed by atoms with Crippen LogP contribution in [0.15, 0.2) is 133 Å². The number of nitrogens with zero attached hydrogens (tertiary/aromatic N) is 2. The van der Waals surface area contributed by atoms with Gasteiger partial charge in [-0.1, -0.05) is 91.0 Å². The fourth-order valence-corrected chi connectivity index (χ4v) is 5.74. The summed E-state index contributed by atoms with van der Waals surface area (Å²) in [5.41, 5.74) is 8.09. The van der Waals surface area contributed by atoms with Gasteiger partial charge in [0.25, 0.3) is 0 Å². The van der Waals surface area contributed by atoms with E-state index in [1.165, 1.54) is 37.9 Å². The molecule has 0 fully saturated rings. The van der Waals surface area contributed by atoms with Gasteiger partial charge in [0.2, 0.25) is 0 Å². The lowest BCUT2D eigenvalue weighted by atomic mass is 9.86. The van der Waals surface area contributed by atoms with Crippen LogP contribution >= 0.6 is 0 Å². The molecule has 0 radical (unpaired) electrons. The first-order chi connectivity index (χ1) is 19.7. The maximum absolute atomic E-state index is 9.38. The molecular formula is C38H22N2. The quantitative estimate of drug-likeness (QED) is 0.224. The van der Waals surface area contributed by atoms with Crippen LogP contribution in [-0.2, 0) is 0 Å². The van der Waals surface area contributed by atoms with Crippen molar-refractivity contribution in [1.29, 1.82) is 10.5 Å². The minimum atomic E-state index is 0.649. The number of hydrogen-bond acceptors (Lipinski definition) is 2. The monoisotopic (exact) mass is 506 g/mol. The summed E-state index contributed by atoms with van der Waals surface area (Å²) in [6.45, 7) is 0. The highest BCUT2D eigenvalue weighted by molar-refractivity contribution is 6.24. The van der Waals surface area contributed by atoms with Gasteiger partial charge in [-0.2, -0.15) is 10.5 Å². The molecule has 0 unspecified atom stereocenters. The summed E-state index contributed by atoms with van der Waals surface area (Å²) in [7, 11) is 0. The van der Waals surface area contributed by atoms with Crippen LogP contribution in [0.5, 0.6) is 0 Å². The topological polar surface area (TPSA) is 47.6 Å². The van der Waals surface area contributed by atoms with Crippen molar-refractivity contribution in [3.05, 3.63) is 145 Å². The molecular weight excluding hydrogens is 484 g/mol. The average Bonchev–Trinajstić information content (AvgIpc) is 3.04. The summed E-state index contributed by atoms with van der Waals surface area (Å²) in [6.07, 6.45) is 0. The lowest BCUT2D eigenvalue weighted by molar-refractivity contribution is 1.48. The van der Waals surface area contributed by atoms with Gasteiger partial charge in [0.1, 0.15) is 0 Å². The summed E-state index contributed by atoms with van der Waals surface area (Å²) in [5.74, 6) is 0. The second-order valence-electron chi connectivity index (χ2n) is 9.99. The van der Waals surface area contributed by atoms with E-state index in [1.807, 2.05) is 54.6 Å². The van der Waals surface area contributed by atoms with E-state index in [2.05, 4.69) is 91.0 Å². The molecule has 0 aromatic heterocycles. The second kappa shape index (κ2) is 9.55. The van der Waals surface area contributed by atoms with Crippen molar-refractivity contribution in [3.8, 4) is 45.5 Å². The molecule has 0 spiro atoms. The first-order valence-electron chi connectivity index (χ1n) is 13.2. The fourth-order valence-electron chi connectivity index (χ4n) is 5.74. The van der Waals surface area contributed by atoms with Crippen molar-refractivity contribution in [1.82, 2.24) is 0 Å². The molecule has 0 amide bonds. The Morgan fingerprint density at radius 3 is 1.38 bits per heavy atom. The van der Waals surface area contributed by atoms with E-state index in [0.29, 0.717) is 11.1 Å². The Bertz CT molecular complexity index is 2140. The Morgan fingerprint density at radius 2 is 0.800 bits per heavy atom. The molecule has 0 atom stereocenters. The van der Waals surface area contributed by atoms with Gasteiger partial charge in [0.05, 0.1) is 23.3 Å². The van der Waals surface area contributed by atoms with Crippen LogP contribution in [0.25, 0.3) is 65.7 Å². The molecule has 0 saturated carbocycles. The Labute approximate surface area is 232 Å². The molecule has 0 aliphatic rings. The molecule has 0 heterocycles. The third kappa shape index (κ3) is 3.88. The van der Waals surface area contributed by atoms with Gasteiger partial charge >= 0.3 is 0 Å². The van der Waals surface area contributed by atoms with Crippen LogP contribution in [0.4, 0.5) is 0 Å². The number of hydrogen-bond donors (Lipinski definition) is 0. The largest absolute Gasteiger partial charge is 0.192 e. The van der Waals surface area contributed by atoms with Crippen molar-refractivity contribution in [3.63, 3.8) is 0 Å². The van der Waals surface area contributed by atoms with Crippen LogP contribution in [0, 0.1) is 22.7 Å². The SMILES string of the molecule is N#Cc1ccc(-c2cc3c4ccc(-c5ccccc5)cc4c(-c4ccc(C#N)cc4)cc3c3ccccc23)cc1. The van der Waals surface area contributed by atoms with E-state index in [4.69, 9.17) is 0 Å². The summed E-state index contributed by atoms with van der Waals surface area (Å²) in [6, 6.07) is 50.5. The van der Waals surface area contributed by atoms with Gasteiger partial charge in [0, 0.05) is 0 Å². The zero-order valence-corrected chi connectivity index (χ0v) is 21.6. The second-order valence-corrected chi connectivity index (χ2v) is 9.99. The smallest absolute Gasteiger partial charge is 0.0991 e. The zero-order chi connectivity index (χ0) is 27.1. The Balaban J connectivity index is 1.59. The van der Waals surface area contributed by atoms with E-state index in [1.54, 1.807) is 0 Å². The first-order valence-corrected chi connectivity index (χ1v) is 13.2. The molecule has 0 aliphatic carbocycles. The fraction of sp³-hybridized carbons (Fsp3) is 0. The molecule has 184 valence electrons. The van der Waals surface area contributed by atoms with Gasteiger partial charge in [-0.25, -0.2) is 0 Å². The summed E-state index contributed by atoms with van der Waals surface area (Å²) < 4.78 is 0. The van der Waals surface area contributed by atoms with Crippen LogP contribution < -0.4 is 0 Å². The van der Waals surface area contributed by atoms with Gasteiger partial charge in [0.15, 0.2) is 0 Å². The molecule has 40 heavy (non-hydrogen) atoms. The maximum Gasteiger partial charge on any atom is 0.0991 e.